The number of thiophene rings is 1. The zero-order valence-corrected chi connectivity index (χ0v) is 10.5. The van der Waals surface area contributed by atoms with Crippen LogP contribution >= 0.6 is 39.9 Å². The molecule has 0 aliphatic rings. The van der Waals surface area contributed by atoms with Crippen molar-refractivity contribution in [3.8, 4) is 0 Å². The molecule has 13 heavy (non-hydrogen) atoms. The number of halogens is 1. The Morgan fingerprint density at radius 1 is 1.46 bits per heavy atom. The number of benzene rings is 1. The van der Waals surface area contributed by atoms with Crippen LogP contribution < -0.4 is 0 Å². The van der Waals surface area contributed by atoms with Gasteiger partial charge < -0.3 is 0 Å². The second kappa shape index (κ2) is 3.64. The van der Waals surface area contributed by atoms with E-state index in [0.29, 0.717) is 0 Å². The molecule has 0 saturated carbocycles. The molecule has 2 aromatic rings. The lowest BCUT2D eigenvalue weighted by molar-refractivity contribution is 1.16. The Bertz CT molecular complexity index is 445. The van der Waals surface area contributed by atoms with Crippen molar-refractivity contribution in [3.05, 3.63) is 27.5 Å². The molecule has 68 valence electrons. The highest BCUT2D eigenvalue weighted by Gasteiger charge is 2.06. The fraction of sp³-hybridized carbons (Fsp3) is 0.200. The van der Waals surface area contributed by atoms with Crippen molar-refractivity contribution in [1.82, 2.24) is 0 Å². The predicted octanol–water partition coefficient (Wildman–Crippen LogP) is 4.51. The Labute approximate surface area is 95.5 Å². The van der Waals surface area contributed by atoms with E-state index < -0.39 is 0 Å². The standard InChI is InChI=1S/C10H9BrS2/c1-2-6-3-4-8(12)7-5-9(11)13-10(6)7/h3-5,12H,2H2,1H3. The van der Waals surface area contributed by atoms with Crippen LogP contribution in [0.4, 0.5) is 0 Å². The van der Waals surface area contributed by atoms with E-state index in [9.17, 15) is 0 Å². The molecule has 1 aromatic carbocycles. The van der Waals surface area contributed by atoms with Gasteiger partial charge in [-0.15, -0.1) is 24.0 Å². The Kier molecular flexibility index (Phi) is 2.67. The highest BCUT2D eigenvalue weighted by Crippen LogP contribution is 2.35. The van der Waals surface area contributed by atoms with Crippen LogP contribution in [-0.2, 0) is 6.42 Å². The first-order chi connectivity index (χ1) is 6.22. The molecule has 0 aliphatic heterocycles. The minimum atomic E-state index is 1.06. The fourth-order valence-corrected chi connectivity index (χ4v) is 3.45. The summed E-state index contributed by atoms with van der Waals surface area (Å²) in [5.74, 6) is 0. The van der Waals surface area contributed by atoms with Gasteiger partial charge in [0.05, 0.1) is 3.79 Å². The smallest absolute Gasteiger partial charge is 0.0711 e. The monoisotopic (exact) mass is 272 g/mol. The molecule has 0 spiro atoms. The summed E-state index contributed by atoms with van der Waals surface area (Å²) < 4.78 is 2.54. The van der Waals surface area contributed by atoms with Gasteiger partial charge in [0.2, 0.25) is 0 Å². The first kappa shape index (κ1) is 9.56. The number of fused-ring (bicyclic) bond motifs is 1. The van der Waals surface area contributed by atoms with E-state index in [-0.39, 0.29) is 0 Å². The SMILES string of the molecule is CCc1ccc(S)c2cc(Br)sc12. The molecule has 1 aromatic heterocycles. The predicted molar refractivity (Wildman–Crippen MR) is 66.2 cm³/mol. The summed E-state index contributed by atoms with van der Waals surface area (Å²) in [6, 6.07) is 6.37. The molecule has 0 bridgehead atoms. The van der Waals surface area contributed by atoms with Crippen LogP contribution in [0.1, 0.15) is 12.5 Å². The second-order valence-corrected chi connectivity index (χ2v) is 5.80. The number of hydrogen-bond donors (Lipinski definition) is 1. The minimum Gasteiger partial charge on any atom is -0.143 e. The van der Waals surface area contributed by atoms with Crippen LogP contribution in [0.25, 0.3) is 10.1 Å². The van der Waals surface area contributed by atoms with Gasteiger partial charge in [-0.05, 0) is 40.0 Å². The van der Waals surface area contributed by atoms with Crippen molar-refractivity contribution >= 4 is 50.0 Å². The topological polar surface area (TPSA) is 0 Å². The van der Waals surface area contributed by atoms with Gasteiger partial charge in [-0.25, -0.2) is 0 Å². The lowest BCUT2D eigenvalue weighted by atomic mass is 10.1. The number of rotatable bonds is 1. The van der Waals surface area contributed by atoms with E-state index in [1.807, 2.05) is 0 Å². The summed E-state index contributed by atoms with van der Waals surface area (Å²) in [5.41, 5.74) is 1.41. The summed E-state index contributed by atoms with van der Waals surface area (Å²) in [4.78, 5) is 1.06. The van der Waals surface area contributed by atoms with Crippen LogP contribution in [0.2, 0.25) is 0 Å². The van der Waals surface area contributed by atoms with Gasteiger partial charge >= 0.3 is 0 Å². The van der Waals surface area contributed by atoms with Crippen LogP contribution in [0.5, 0.6) is 0 Å². The normalized spacial score (nSPS) is 11.0. The Morgan fingerprint density at radius 3 is 2.92 bits per heavy atom. The molecular formula is C10H9BrS2. The summed E-state index contributed by atoms with van der Waals surface area (Å²) in [5, 5.41) is 1.26. The molecule has 0 amide bonds. The summed E-state index contributed by atoms with van der Waals surface area (Å²) in [6.07, 6.45) is 1.08. The maximum atomic E-state index is 4.44. The van der Waals surface area contributed by atoms with E-state index >= 15 is 0 Å². The quantitative estimate of drug-likeness (QED) is 0.726. The van der Waals surface area contributed by atoms with E-state index in [1.54, 1.807) is 11.3 Å². The van der Waals surface area contributed by atoms with Crippen LogP contribution in [0.3, 0.4) is 0 Å². The zero-order chi connectivity index (χ0) is 9.42. The molecule has 0 atom stereocenters. The van der Waals surface area contributed by atoms with E-state index in [2.05, 4.69) is 53.7 Å². The van der Waals surface area contributed by atoms with Gasteiger partial charge in [-0.3, -0.25) is 0 Å². The Hall–Kier alpha value is 0.01000. The largest absolute Gasteiger partial charge is 0.143 e. The molecule has 2 rings (SSSR count). The Morgan fingerprint density at radius 2 is 2.23 bits per heavy atom. The third kappa shape index (κ3) is 1.65. The molecule has 0 unspecified atom stereocenters. The minimum absolute atomic E-state index is 1.06. The van der Waals surface area contributed by atoms with Crippen LogP contribution in [-0.4, -0.2) is 0 Å². The van der Waals surface area contributed by atoms with Gasteiger partial charge in [0, 0.05) is 15.0 Å². The van der Waals surface area contributed by atoms with Crippen LogP contribution in [0.15, 0.2) is 26.9 Å². The lowest BCUT2D eigenvalue weighted by Crippen LogP contribution is -1.79. The van der Waals surface area contributed by atoms with Gasteiger partial charge in [-0.1, -0.05) is 13.0 Å². The Balaban J connectivity index is 2.83. The van der Waals surface area contributed by atoms with Gasteiger partial charge in [0.1, 0.15) is 0 Å². The van der Waals surface area contributed by atoms with Gasteiger partial charge in [0.25, 0.3) is 0 Å². The summed E-state index contributed by atoms with van der Waals surface area (Å²) in [6.45, 7) is 2.18. The summed E-state index contributed by atoms with van der Waals surface area (Å²) >= 11 is 9.73. The lowest BCUT2D eigenvalue weighted by Gasteiger charge is -2.00. The van der Waals surface area contributed by atoms with E-state index in [0.717, 1.165) is 11.3 Å². The van der Waals surface area contributed by atoms with Crippen molar-refractivity contribution in [1.29, 1.82) is 0 Å². The van der Waals surface area contributed by atoms with Crippen molar-refractivity contribution in [2.45, 2.75) is 18.2 Å². The summed E-state index contributed by atoms with van der Waals surface area (Å²) in [7, 11) is 0. The molecule has 0 fully saturated rings. The molecule has 1 heterocycles. The maximum Gasteiger partial charge on any atom is 0.0711 e. The molecular weight excluding hydrogens is 264 g/mol. The number of thiol groups is 1. The van der Waals surface area contributed by atoms with Gasteiger partial charge in [0.15, 0.2) is 0 Å². The molecule has 0 radical (unpaired) electrons. The molecule has 0 saturated heterocycles. The van der Waals surface area contributed by atoms with Crippen molar-refractivity contribution in [2.75, 3.05) is 0 Å². The molecule has 0 N–H and O–H groups in total. The van der Waals surface area contributed by atoms with Crippen molar-refractivity contribution in [2.24, 2.45) is 0 Å². The zero-order valence-electron chi connectivity index (χ0n) is 7.17. The second-order valence-electron chi connectivity index (χ2n) is 2.89. The maximum absolute atomic E-state index is 4.44. The fourth-order valence-electron chi connectivity index (χ4n) is 1.41. The number of hydrogen-bond acceptors (Lipinski definition) is 2. The van der Waals surface area contributed by atoms with Crippen molar-refractivity contribution < 1.29 is 0 Å². The molecule has 0 aliphatic carbocycles. The molecule has 0 nitrogen and oxygen atoms in total. The average Bonchev–Trinajstić information content (AvgIpc) is 2.48. The van der Waals surface area contributed by atoms with Crippen molar-refractivity contribution in [3.63, 3.8) is 0 Å². The third-order valence-corrected chi connectivity index (χ3v) is 4.20. The van der Waals surface area contributed by atoms with E-state index in [4.69, 9.17) is 0 Å². The highest BCUT2D eigenvalue weighted by molar-refractivity contribution is 9.11. The van der Waals surface area contributed by atoms with E-state index in [1.165, 1.54) is 19.4 Å². The molecule has 3 heteroatoms. The third-order valence-electron chi connectivity index (χ3n) is 2.09. The first-order valence-electron chi connectivity index (χ1n) is 4.12. The average molecular weight is 273 g/mol. The van der Waals surface area contributed by atoms with Gasteiger partial charge in [-0.2, -0.15) is 0 Å². The number of aryl methyl sites for hydroxylation is 1. The highest BCUT2D eigenvalue weighted by atomic mass is 79.9. The van der Waals surface area contributed by atoms with Crippen LogP contribution in [0, 0.1) is 0 Å². The first-order valence-corrected chi connectivity index (χ1v) is 6.18.